The minimum atomic E-state index is -0.909. The zero-order valence-electron chi connectivity index (χ0n) is 11.8. The fraction of sp³-hybridized carbons (Fsp3) is 0.846. The van der Waals surface area contributed by atoms with E-state index in [-0.39, 0.29) is 13.0 Å². The molecule has 0 unspecified atom stereocenters. The highest BCUT2D eigenvalue weighted by molar-refractivity contribution is 5.75. The van der Waals surface area contributed by atoms with E-state index >= 15 is 0 Å². The van der Waals surface area contributed by atoms with Gasteiger partial charge in [0.1, 0.15) is 5.60 Å². The van der Waals surface area contributed by atoms with Crippen LogP contribution >= 0.6 is 0 Å². The Kier molecular flexibility index (Phi) is 4.79. The van der Waals surface area contributed by atoms with Crippen molar-refractivity contribution in [3.63, 3.8) is 0 Å². The number of hydrogen-bond donors (Lipinski definition) is 2. The highest BCUT2D eigenvalue weighted by Gasteiger charge is 2.42. The highest BCUT2D eigenvalue weighted by atomic mass is 16.6. The number of rotatable bonds is 3. The van der Waals surface area contributed by atoms with Gasteiger partial charge < -0.3 is 19.8 Å². The maximum Gasteiger partial charge on any atom is 0.410 e. The Morgan fingerprint density at radius 1 is 1.26 bits per heavy atom. The highest BCUT2D eigenvalue weighted by Crippen LogP contribution is 2.35. The number of aliphatic hydroxyl groups excluding tert-OH is 1. The molecular formula is C13H23NO5. The third kappa shape index (κ3) is 4.09. The van der Waals surface area contributed by atoms with E-state index < -0.39 is 23.1 Å². The molecule has 1 fully saturated rings. The summed E-state index contributed by atoms with van der Waals surface area (Å²) in [6, 6.07) is 0. The number of carboxylic acid groups (broad SMARTS) is 1. The maximum atomic E-state index is 11.9. The monoisotopic (exact) mass is 273 g/mol. The van der Waals surface area contributed by atoms with Gasteiger partial charge in [-0.3, -0.25) is 4.79 Å². The number of carbonyl (C=O) groups is 2. The van der Waals surface area contributed by atoms with E-state index in [4.69, 9.17) is 9.84 Å². The smallest absolute Gasteiger partial charge is 0.410 e. The van der Waals surface area contributed by atoms with Crippen molar-refractivity contribution in [3.05, 3.63) is 0 Å². The Morgan fingerprint density at radius 2 is 1.79 bits per heavy atom. The number of ether oxygens (including phenoxy) is 1. The van der Waals surface area contributed by atoms with Crippen LogP contribution in [0.3, 0.4) is 0 Å². The molecule has 110 valence electrons. The Balaban J connectivity index is 2.61. The standard InChI is InChI=1S/C13H23NO5/c1-12(2,3)19-11(18)14-7-4-13(5-8-14,6-9-15)10(16)17/h15H,4-9H2,1-3H3,(H,16,17). The molecule has 1 aliphatic rings. The molecule has 0 aromatic rings. The summed E-state index contributed by atoms with van der Waals surface area (Å²) in [5.41, 5.74) is -1.46. The van der Waals surface area contributed by atoms with E-state index in [9.17, 15) is 14.7 Å². The number of carbonyl (C=O) groups excluding carboxylic acids is 1. The summed E-state index contributed by atoms with van der Waals surface area (Å²) in [5.74, 6) is -0.898. The summed E-state index contributed by atoms with van der Waals surface area (Å²) in [5, 5.41) is 18.3. The molecule has 1 rings (SSSR count). The third-order valence-corrected chi connectivity index (χ3v) is 3.42. The van der Waals surface area contributed by atoms with Crippen molar-refractivity contribution in [2.75, 3.05) is 19.7 Å². The molecule has 0 aromatic heterocycles. The van der Waals surface area contributed by atoms with E-state index in [1.54, 1.807) is 20.8 Å². The number of aliphatic hydroxyl groups is 1. The molecule has 1 aliphatic heterocycles. The van der Waals surface area contributed by atoms with E-state index in [0.717, 1.165) is 0 Å². The molecule has 0 atom stereocenters. The van der Waals surface area contributed by atoms with Crippen molar-refractivity contribution < 1.29 is 24.5 Å². The molecule has 19 heavy (non-hydrogen) atoms. The van der Waals surface area contributed by atoms with Gasteiger partial charge in [0.05, 0.1) is 5.41 Å². The second-order valence-corrected chi connectivity index (χ2v) is 6.03. The van der Waals surface area contributed by atoms with Gasteiger partial charge in [-0.15, -0.1) is 0 Å². The van der Waals surface area contributed by atoms with E-state index in [2.05, 4.69) is 0 Å². The number of likely N-dealkylation sites (tertiary alicyclic amines) is 1. The first-order valence-corrected chi connectivity index (χ1v) is 6.52. The lowest BCUT2D eigenvalue weighted by Gasteiger charge is -2.38. The average Bonchev–Trinajstić information content (AvgIpc) is 2.27. The Bertz CT molecular complexity index is 339. The van der Waals surface area contributed by atoms with Crippen molar-refractivity contribution in [3.8, 4) is 0 Å². The minimum Gasteiger partial charge on any atom is -0.481 e. The quantitative estimate of drug-likeness (QED) is 0.813. The van der Waals surface area contributed by atoms with Crippen LogP contribution in [0.15, 0.2) is 0 Å². The first kappa shape index (κ1) is 15.8. The molecule has 1 saturated heterocycles. The van der Waals surface area contributed by atoms with Gasteiger partial charge in [0.15, 0.2) is 0 Å². The minimum absolute atomic E-state index is 0.154. The molecule has 0 spiro atoms. The molecule has 6 heteroatoms. The van der Waals surface area contributed by atoms with Gasteiger partial charge in [-0.05, 0) is 40.0 Å². The van der Waals surface area contributed by atoms with Crippen LogP contribution in [0.25, 0.3) is 0 Å². The summed E-state index contributed by atoms with van der Waals surface area (Å²) >= 11 is 0. The maximum absolute atomic E-state index is 11.9. The molecule has 0 saturated carbocycles. The molecule has 6 nitrogen and oxygen atoms in total. The Morgan fingerprint density at radius 3 is 2.16 bits per heavy atom. The average molecular weight is 273 g/mol. The van der Waals surface area contributed by atoms with Crippen LogP contribution in [0.4, 0.5) is 4.79 Å². The van der Waals surface area contributed by atoms with Gasteiger partial charge >= 0.3 is 12.1 Å². The van der Waals surface area contributed by atoms with Gasteiger partial charge in [0.25, 0.3) is 0 Å². The van der Waals surface area contributed by atoms with E-state index in [1.807, 2.05) is 0 Å². The van der Waals surface area contributed by atoms with Crippen LogP contribution in [-0.2, 0) is 9.53 Å². The Hall–Kier alpha value is -1.30. The molecule has 0 radical (unpaired) electrons. The summed E-state index contributed by atoms with van der Waals surface area (Å²) in [7, 11) is 0. The largest absolute Gasteiger partial charge is 0.481 e. The molecular weight excluding hydrogens is 250 g/mol. The summed E-state index contributed by atoms with van der Waals surface area (Å²) in [6.07, 6.45) is 0.518. The number of amides is 1. The van der Waals surface area contributed by atoms with Crippen LogP contribution in [0.5, 0.6) is 0 Å². The van der Waals surface area contributed by atoms with Gasteiger partial charge in [-0.1, -0.05) is 0 Å². The molecule has 2 N–H and O–H groups in total. The zero-order valence-corrected chi connectivity index (χ0v) is 11.8. The van der Waals surface area contributed by atoms with Crippen LogP contribution in [0, 0.1) is 5.41 Å². The molecule has 1 amide bonds. The van der Waals surface area contributed by atoms with E-state index in [1.165, 1.54) is 4.90 Å². The number of carboxylic acids is 1. The zero-order chi connectivity index (χ0) is 14.7. The second-order valence-electron chi connectivity index (χ2n) is 6.03. The third-order valence-electron chi connectivity index (χ3n) is 3.42. The first-order chi connectivity index (χ1) is 8.70. The van der Waals surface area contributed by atoms with E-state index in [0.29, 0.717) is 25.9 Å². The fourth-order valence-corrected chi connectivity index (χ4v) is 2.23. The first-order valence-electron chi connectivity index (χ1n) is 6.52. The van der Waals surface area contributed by atoms with Crippen molar-refractivity contribution in [1.29, 1.82) is 0 Å². The number of aliphatic carboxylic acids is 1. The van der Waals surface area contributed by atoms with Crippen LogP contribution in [-0.4, -0.2) is 52.5 Å². The van der Waals surface area contributed by atoms with Crippen molar-refractivity contribution in [2.24, 2.45) is 5.41 Å². The second kappa shape index (κ2) is 5.77. The van der Waals surface area contributed by atoms with Gasteiger partial charge in [-0.2, -0.15) is 0 Å². The number of piperidine rings is 1. The molecule has 0 aromatic carbocycles. The van der Waals surface area contributed by atoms with Crippen molar-refractivity contribution in [1.82, 2.24) is 4.90 Å². The Labute approximate surface area is 113 Å². The molecule has 0 bridgehead atoms. The SMILES string of the molecule is CC(C)(C)OC(=O)N1CCC(CCO)(C(=O)O)CC1. The summed E-state index contributed by atoms with van der Waals surface area (Å²) < 4.78 is 5.26. The predicted molar refractivity (Wildman–Crippen MR) is 68.8 cm³/mol. The lowest BCUT2D eigenvalue weighted by Crippen LogP contribution is -2.48. The number of hydrogen-bond acceptors (Lipinski definition) is 4. The van der Waals surface area contributed by atoms with Gasteiger partial charge in [0.2, 0.25) is 0 Å². The molecule has 1 heterocycles. The topological polar surface area (TPSA) is 87.1 Å². The van der Waals surface area contributed by atoms with Crippen molar-refractivity contribution >= 4 is 12.1 Å². The normalized spacial score (nSPS) is 19.1. The van der Waals surface area contributed by atoms with Crippen LogP contribution in [0.1, 0.15) is 40.0 Å². The van der Waals surface area contributed by atoms with Gasteiger partial charge in [-0.25, -0.2) is 4.79 Å². The summed E-state index contributed by atoms with van der Waals surface area (Å²) in [4.78, 5) is 24.7. The predicted octanol–water partition coefficient (Wildman–Crippen LogP) is 1.47. The molecule has 0 aliphatic carbocycles. The van der Waals surface area contributed by atoms with Crippen LogP contribution < -0.4 is 0 Å². The number of nitrogens with zero attached hydrogens (tertiary/aromatic N) is 1. The summed E-state index contributed by atoms with van der Waals surface area (Å²) in [6.45, 7) is 5.92. The fourth-order valence-electron chi connectivity index (χ4n) is 2.23. The van der Waals surface area contributed by atoms with Crippen molar-refractivity contribution in [2.45, 2.75) is 45.6 Å². The van der Waals surface area contributed by atoms with Crippen LogP contribution in [0.2, 0.25) is 0 Å². The van der Waals surface area contributed by atoms with Gasteiger partial charge in [0, 0.05) is 19.7 Å². The lowest BCUT2D eigenvalue weighted by molar-refractivity contribution is -0.153. The lowest BCUT2D eigenvalue weighted by atomic mass is 9.76.